The zero-order chi connectivity index (χ0) is 14.5. The summed E-state index contributed by atoms with van der Waals surface area (Å²) in [5, 5.41) is 12.4. The van der Waals surface area contributed by atoms with Crippen LogP contribution < -0.4 is 10.1 Å². The van der Waals surface area contributed by atoms with Crippen molar-refractivity contribution in [3.05, 3.63) is 54.1 Å². The first-order valence-electron chi connectivity index (χ1n) is 7.19. The van der Waals surface area contributed by atoms with E-state index in [2.05, 4.69) is 29.6 Å². The second kappa shape index (κ2) is 6.87. The van der Waals surface area contributed by atoms with E-state index >= 15 is 0 Å². The van der Waals surface area contributed by atoms with E-state index in [1.807, 2.05) is 36.0 Å². The van der Waals surface area contributed by atoms with E-state index in [1.54, 1.807) is 0 Å². The zero-order valence-corrected chi connectivity index (χ0v) is 12.6. The van der Waals surface area contributed by atoms with Crippen LogP contribution in [0.1, 0.15) is 18.0 Å². The molecule has 0 saturated carbocycles. The highest BCUT2D eigenvalue weighted by Gasteiger charge is 2.19. The van der Waals surface area contributed by atoms with Crippen LogP contribution in [0.5, 0.6) is 5.75 Å². The molecule has 3 rings (SSSR count). The lowest BCUT2D eigenvalue weighted by molar-refractivity contribution is 0.201. The number of benzene rings is 2. The molecule has 0 saturated heterocycles. The van der Waals surface area contributed by atoms with Crippen LogP contribution in [-0.4, -0.2) is 24.1 Å². The molecule has 0 fully saturated rings. The maximum atomic E-state index is 8.75. The predicted octanol–water partition coefficient (Wildman–Crippen LogP) is 3.71. The number of aliphatic hydroxyl groups is 1. The van der Waals surface area contributed by atoms with E-state index in [9.17, 15) is 0 Å². The van der Waals surface area contributed by atoms with Crippen molar-refractivity contribution in [3.63, 3.8) is 0 Å². The van der Waals surface area contributed by atoms with Crippen LogP contribution in [0.2, 0.25) is 0 Å². The van der Waals surface area contributed by atoms with Gasteiger partial charge in [-0.3, -0.25) is 0 Å². The molecule has 0 aliphatic carbocycles. The Hall–Kier alpha value is -1.65. The fourth-order valence-electron chi connectivity index (χ4n) is 2.50. The van der Waals surface area contributed by atoms with E-state index in [4.69, 9.17) is 9.84 Å². The number of nitrogens with one attached hydrogen (secondary N) is 1. The summed E-state index contributed by atoms with van der Waals surface area (Å²) in [6.45, 7) is 0.372. The van der Waals surface area contributed by atoms with Crippen molar-refractivity contribution in [2.75, 3.05) is 24.3 Å². The lowest BCUT2D eigenvalue weighted by Gasteiger charge is -2.26. The molecule has 0 bridgehead atoms. The number of rotatable bonds is 5. The molecule has 1 aliphatic heterocycles. The molecular formula is C17H19NO2S. The summed E-state index contributed by atoms with van der Waals surface area (Å²) in [7, 11) is 0. The summed E-state index contributed by atoms with van der Waals surface area (Å²) in [4.78, 5) is 1.38. The molecule has 1 atom stereocenters. The van der Waals surface area contributed by atoms with Crippen molar-refractivity contribution in [2.24, 2.45) is 0 Å². The summed E-state index contributed by atoms with van der Waals surface area (Å²) in [6, 6.07) is 16.9. The second-order valence-corrected chi connectivity index (χ2v) is 6.11. The van der Waals surface area contributed by atoms with Gasteiger partial charge in [0.1, 0.15) is 12.4 Å². The van der Waals surface area contributed by atoms with Gasteiger partial charge in [0.2, 0.25) is 0 Å². The van der Waals surface area contributed by atoms with Crippen LogP contribution >= 0.6 is 11.8 Å². The highest BCUT2D eigenvalue weighted by Crippen LogP contribution is 2.37. The molecule has 1 unspecified atom stereocenters. The number of fused-ring (bicyclic) bond motifs is 1. The van der Waals surface area contributed by atoms with Crippen molar-refractivity contribution in [1.82, 2.24) is 0 Å². The number of anilines is 1. The monoisotopic (exact) mass is 301 g/mol. The van der Waals surface area contributed by atoms with Crippen LogP contribution in [0.15, 0.2) is 53.4 Å². The molecule has 3 nitrogen and oxygen atoms in total. The molecule has 0 amide bonds. The predicted molar refractivity (Wildman–Crippen MR) is 87.2 cm³/mol. The van der Waals surface area contributed by atoms with E-state index in [1.165, 1.54) is 10.5 Å². The average Bonchev–Trinajstić information content (AvgIpc) is 2.55. The Morgan fingerprint density at radius 2 is 1.95 bits per heavy atom. The van der Waals surface area contributed by atoms with Gasteiger partial charge in [-0.25, -0.2) is 0 Å². The van der Waals surface area contributed by atoms with E-state index in [0.29, 0.717) is 12.6 Å². The number of ether oxygens (including phenoxy) is 1. The van der Waals surface area contributed by atoms with Gasteiger partial charge in [0.25, 0.3) is 0 Å². The summed E-state index contributed by atoms with van der Waals surface area (Å²) in [5.41, 5.74) is 2.48. The van der Waals surface area contributed by atoms with Gasteiger partial charge in [0, 0.05) is 16.3 Å². The first-order chi connectivity index (χ1) is 10.4. The standard InChI is InChI=1S/C17H19NO2S/c19-10-11-20-14-7-5-13(6-8-14)18-16-9-12-21-17-4-2-1-3-15(16)17/h1-8,16,18-19H,9-12H2. The van der Waals surface area contributed by atoms with Gasteiger partial charge in [-0.05, 0) is 42.3 Å². The van der Waals surface area contributed by atoms with Gasteiger partial charge in [-0.2, -0.15) is 0 Å². The summed E-state index contributed by atoms with van der Waals surface area (Å²) in [5.74, 6) is 1.93. The molecule has 0 radical (unpaired) electrons. The number of aliphatic hydroxyl groups excluding tert-OH is 1. The van der Waals surface area contributed by atoms with Gasteiger partial charge < -0.3 is 15.2 Å². The zero-order valence-electron chi connectivity index (χ0n) is 11.8. The highest BCUT2D eigenvalue weighted by molar-refractivity contribution is 7.99. The number of hydrogen-bond acceptors (Lipinski definition) is 4. The van der Waals surface area contributed by atoms with Crippen molar-refractivity contribution in [1.29, 1.82) is 0 Å². The molecule has 2 aromatic rings. The molecule has 1 heterocycles. The van der Waals surface area contributed by atoms with Crippen molar-refractivity contribution in [3.8, 4) is 5.75 Å². The van der Waals surface area contributed by atoms with E-state index < -0.39 is 0 Å². The summed E-state index contributed by atoms with van der Waals surface area (Å²) < 4.78 is 5.38. The Bertz CT molecular complexity index is 586. The van der Waals surface area contributed by atoms with Crippen LogP contribution in [-0.2, 0) is 0 Å². The van der Waals surface area contributed by atoms with Gasteiger partial charge in [-0.15, -0.1) is 11.8 Å². The van der Waals surface area contributed by atoms with Crippen LogP contribution in [0, 0.1) is 0 Å². The van der Waals surface area contributed by atoms with Crippen LogP contribution in [0.4, 0.5) is 5.69 Å². The van der Waals surface area contributed by atoms with Crippen molar-refractivity contribution in [2.45, 2.75) is 17.4 Å². The van der Waals surface area contributed by atoms with Crippen molar-refractivity contribution < 1.29 is 9.84 Å². The van der Waals surface area contributed by atoms with Gasteiger partial charge in [0.05, 0.1) is 12.6 Å². The molecule has 4 heteroatoms. The number of hydrogen-bond donors (Lipinski definition) is 2. The average molecular weight is 301 g/mol. The third kappa shape index (κ3) is 3.52. The largest absolute Gasteiger partial charge is 0.491 e. The first-order valence-corrected chi connectivity index (χ1v) is 8.17. The first kappa shape index (κ1) is 14.3. The lowest BCUT2D eigenvalue weighted by Crippen LogP contribution is -2.15. The quantitative estimate of drug-likeness (QED) is 0.883. The Balaban J connectivity index is 1.70. The van der Waals surface area contributed by atoms with Crippen LogP contribution in [0.3, 0.4) is 0 Å². The van der Waals surface area contributed by atoms with Gasteiger partial charge >= 0.3 is 0 Å². The summed E-state index contributed by atoms with van der Waals surface area (Å²) >= 11 is 1.93. The summed E-state index contributed by atoms with van der Waals surface area (Å²) in [6.07, 6.45) is 1.13. The van der Waals surface area contributed by atoms with E-state index in [0.717, 1.165) is 23.6 Å². The normalized spacial score (nSPS) is 17.1. The molecule has 1 aliphatic rings. The van der Waals surface area contributed by atoms with Gasteiger partial charge in [-0.1, -0.05) is 18.2 Å². The lowest BCUT2D eigenvalue weighted by atomic mass is 10.0. The number of thioether (sulfide) groups is 1. The topological polar surface area (TPSA) is 41.5 Å². The smallest absolute Gasteiger partial charge is 0.119 e. The van der Waals surface area contributed by atoms with Gasteiger partial charge in [0.15, 0.2) is 0 Å². The molecule has 2 N–H and O–H groups in total. The molecule has 2 aromatic carbocycles. The minimum absolute atomic E-state index is 0.0382. The Morgan fingerprint density at radius 1 is 1.14 bits per heavy atom. The highest BCUT2D eigenvalue weighted by atomic mass is 32.2. The molecule has 0 aromatic heterocycles. The van der Waals surface area contributed by atoms with Crippen LogP contribution in [0.25, 0.3) is 0 Å². The molecule has 21 heavy (non-hydrogen) atoms. The Kier molecular flexibility index (Phi) is 4.68. The second-order valence-electron chi connectivity index (χ2n) is 4.97. The SMILES string of the molecule is OCCOc1ccc(NC2CCSc3ccccc32)cc1. The minimum atomic E-state index is 0.0382. The maximum Gasteiger partial charge on any atom is 0.119 e. The molecule has 110 valence electrons. The third-order valence-electron chi connectivity index (χ3n) is 3.51. The van der Waals surface area contributed by atoms with Crippen molar-refractivity contribution >= 4 is 17.4 Å². The van der Waals surface area contributed by atoms with E-state index in [-0.39, 0.29) is 6.61 Å². The fourth-order valence-corrected chi connectivity index (χ4v) is 3.63. The maximum absolute atomic E-state index is 8.75. The third-order valence-corrected chi connectivity index (χ3v) is 4.64. The minimum Gasteiger partial charge on any atom is -0.491 e. The molecule has 0 spiro atoms. The molecular weight excluding hydrogens is 282 g/mol. The Labute approximate surface area is 129 Å². The Morgan fingerprint density at radius 3 is 2.76 bits per heavy atom. The fraction of sp³-hybridized carbons (Fsp3) is 0.294.